The smallest absolute Gasteiger partial charge is 0.00313 e. The Labute approximate surface area is 130 Å². The second kappa shape index (κ2) is 18.2. The van der Waals surface area contributed by atoms with Gasteiger partial charge in [0, 0.05) is 5.33 Å². The third-order valence-electron chi connectivity index (χ3n) is 3.65. The molecule has 0 nitrogen and oxygen atoms in total. The number of halogens is 1. The summed E-state index contributed by atoms with van der Waals surface area (Å²) in [6, 6.07) is 0. The van der Waals surface area contributed by atoms with Crippen molar-refractivity contribution in [1.29, 1.82) is 0 Å². The lowest BCUT2D eigenvalue weighted by Gasteiger charge is -1.99. The van der Waals surface area contributed by atoms with Gasteiger partial charge in [-0.15, -0.1) is 0 Å². The summed E-state index contributed by atoms with van der Waals surface area (Å²) in [6.45, 7) is 2.28. The summed E-state index contributed by atoms with van der Waals surface area (Å²) in [5.41, 5.74) is 0. The zero-order chi connectivity index (χ0) is 14.0. The van der Waals surface area contributed by atoms with Crippen LogP contribution in [0.5, 0.6) is 0 Å². The van der Waals surface area contributed by atoms with Crippen molar-refractivity contribution in [2.45, 2.75) is 96.8 Å². The van der Waals surface area contributed by atoms with E-state index in [1.165, 1.54) is 95.2 Å². The number of alkyl halides is 1. The van der Waals surface area contributed by atoms with Gasteiger partial charge in [0.15, 0.2) is 0 Å². The quantitative estimate of drug-likeness (QED) is 0.166. The van der Waals surface area contributed by atoms with Crippen molar-refractivity contribution in [1.82, 2.24) is 0 Å². The van der Waals surface area contributed by atoms with E-state index in [4.69, 9.17) is 0 Å². The molecule has 1 heteroatoms. The van der Waals surface area contributed by atoms with Crippen LogP contribution in [0.2, 0.25) is 0 Å². The maximum Gasteiger partial charge on any atom is 0.00313 e. The van der Waals surface area contributed by atoms with E-state index >= 15 is 0 Å². The Balaban J connectivity index is 3.01. The number of allylic oxidation sites excluding steroid dienone is 2. The minimum Gasteiger partial charge on any atom is -0.0928 e. The van der Waals surface area contributed by atoms with E-state index in [1.807, 2.05) is 0 Å². The first-order valence-electron chi connectivity index (χ1n) is 8.62. The molecule has 0 heterocycles. The average Bonchev–Trinajstić information content (AvgIpc) is 2.43. The SMILES string of the molecule is CCCCCCCCC=CCCCCCCCCBr. The molecule has 0 aliphatic rings. The third-order valence-corrected chi connectivity index (χ3v) is 4.21. The van der Waals surface area contributed by atoms with Gasteiger partial charge in [-0.2, -0.15) is 0 Å². The highest BCUT2D eigenvalue weighted by molar-refractivity contribution is 9.09. The standard InChI is InChI=1S/C18H35Br/c1-2-3-4-5-6-7-8-9-10-11-12-13-14-15-16-17-18-19/h9-10H,2-8,11-18H2,1H3. The highest BCUT2D eigenvalue weighted by Gasteiger charge is 1.90. The molecule has 0 spiro atoms. The largest absolute Gasteiger partial charge is 0.0928 e. The van der Waals surface area contributed by atoms with E-state index in [1.54, 1.807) is 0 Å². The predicted octanol–water partition coefficient (Wildman–Crippen LogP) is 7.42. The van der Waals surface area contributed by atoms with Gasteiger partial charge in [0.1, 0.15) is 0 Å². The summed E-state index contributed by atoms with van der Waals surface area (Å²) in [5.74, 6) is 0. The van der Waals surface area contributed by atoms with Crippen LogP contribution >= 0.6 is 15.9 Å². The van der Waals surface area contributed by atoms with Crippen LogP contribution in [0.3, 0.4) is 0 Å². The van der Waals surface area contributed by atoms with Crippen molar-refractivity contribution in [3.8, 4) is 0 Å². The van der Waals surface area contributed by atoms with Gasteiger partial charge in [-0.05, 0) is 32.1 Å². The Hall–Kier alpha value is 0.220. The van der Waals surface area contributed by atoms with E-state index in [-0.39, 0.29) is 0 Å². The molecule has 19 heavy (non-hydrogen) atoms. The normalized spacial score (nSPS) is 11.5. The summed E-state index contributed by atoms with van der Waals surface area (Å²) in [6.07, 6.45) is 24.3. The maximum absolute atomic E-state index is 3.48. The van der Waals surface area contributed by atoms with Gasteiger partial charge < -0.3 is 0 Å². The topological polar surface area (TPSA) is 0 Å². The molecule has 0 aromatic heterocycles. The van der Waals surface area contributed by atoms with E-state index in [9.17, 15) is 0 Å². The fourth-order valence-corrected chi connectivity index (χ4v) is 2.74. The van der Waals surface area contributed by atoms with Gasteiger partial charge in [0.05, 0.1) is 0 Å². The average molecular weight is 331 g/mol. The first-order chi connectivity index (χ1) is 9.41. The maximum atomic E-state index is 3.48. The van der Waals surface area contributed by atoms with Crippen molar-refractivity contribution in [2.24, 2.45) is 0 Å². The molecule has 0 unspecified atom stereocenters. The van der Waals surface area contributed by atoms with Crippen LogP contribution in [0.15, 0.2) is 12.2 Å². The number of hydrogen-bond acceptors (Lipinski definition) is 0. The first-order valence-corrected chi connectivity index (χ1v) is 9.75. The van der Waals surface area contributed by atoms with Crippen molar-refractivity contribution >= 4 is 15.9 Å². The molecule has 0 saturated carbocycles. The zero-order valence-corrected chi connectivity index (χ0v) is 14.7. The van der Waals surface area contributed by atoms with Crippen LogP contribution in [0, 0.1) is 0 Å². The Morgan fingerprint density at radius 2 is 1.00 bits per heavy atom. The van der Waals surface area contributed by atoms with Crippen LogP contribution < -0.4 is 0 Å². The number of rotatable bonds is 15. The molecule has 0 radical (unpaired) electrons. The number of unbranched alkanes of at least 4 members (excludes halogenated alkanes) is 12. The minimum absolute atomic E-state index is 1.17. The third kappa shape index (κ3) is 18.2. The highest BCUT2D eigenvalue weighted by Crippen LogP contribution is 2.10. The van der Waals surface area contributed by atoms with Crippen molar-refractivity contribution in [2.75, 3.05) is 5.33 Å². The summed E-state index contributed by atoms with van der Waals surface area (Å²) >= 11 is 3.48. The molecule has 0 atom stereocenters. The van der Waals surface area contributed by atoms with Gasteiger partial charge >= 0.3 is 0 Å². The van der Waals surface area contributed by atoms with Crippen molar-refractivity contribution in [3.05, 3.63) is 12.2 Å². The fraction of sp³-hybridized carbons (Fsp3) is 0.889. The molecule has 0 bridgehead atoms. The van der Waals surface area contributed by atoms with Crippen LogP contribution in [-0.4, -0.2) is 5.33 Å². The molecule has 0 amide bonds. The van der Waals surface area contributed by atoms with E-state index < -0.39 is 0 Å². The molecular formula is C18H35Br. The van der Waals surface area contributed by atoms with Gasteiger partial charge in [-0.1, -0.05) is 92.8 Å². The molecule has 0 aromatic rings. The van der Waals surface area contributed by atoms with Crippen molar-refractivity contribution < 1.29 is 0 Å². The van der Waals surface area contributed by atoms with E-state index in [0.29, 0.717) is 0 Å². The van der Waals surface area contributed by atoms with Crippen LogP contribution in [-0.2, 0) is 0 Å². The fourth-order valence-electron chi connectivity index (χ4n) is 2.34. The predicted molar refractivity (Wildman–Crippen MR) is 93.2 cm³/mol. The zero-order valence-electron chi connectivity index (χ0n) is 13.1. The minimum atomic E-state index is 1.17. The highest BCUT2D eigenvalue weighted by atomic mass is 79.9. The molecule has 0 aliphatic carbocycles. The molecular weight excluding hydrogens is 296 g/mol. The van der Waals surface area contributed by atoms with Gasteiger partial charge in [-0.3, -0.25) is 0 Å². The molecule has 0 saturated heterocycles. The summed E-state index contributed by atoms with van der Waals surface area (Å²) in [5, 5.41) is 1.17. The molecule has 0 aromatic carbocycles. The summed E-state index contributed by atoms with van der Waals surface area (Å²) in [7, 11) is 0. The molecule has 0 rings (SSSR count). The van der Waals surface area contributed by atoms with Gasteiger partial charge in [0.2, 0.25) is 0 Å². The van der Waals surface area contributed by atoms with Gasteiger partial charge in [0.25, 0.3) is 0 Å². The molecule has 0 aliphatic heterocycles. The summed E-state index contributed by atoms with van der Waals surface area (Å²) < 4.78 is 0. The number of hydrogen-bond donors (Lipinski definition) is 0. The van der Waals surface area contributed by atoms with Crippen LogP contribution in [0.1, 0.15) is 96.8 Å². The van der Waals surface area contributed by atoms with Crippen LogP contribution in [0.25, 0.3) is 0 Å². The molecule has 0 N–H and O–H groups in total. The summed E-state index contributed by atoms with van der Waals surface area (Å²) in [4.78, 5) is 0. The second-order valence-electron chi connectivity index (χ2n) is 5.63. The molecule has 114 valence electrons. The first kappa shape index (κ1) is 19.2. The van der Waals surface area contributed by atoms with Gasteiger partial charge in [-0.25, -0.2) is 0 Å². The van der Waals surface area contributed by atoms with Crippen molar-refractivity contribution in [3.63, 3.8) is 0 Å². The Morgan fingerprint density at radius 3 is 1.47 bits per heavy atom. The Morgan fingerprint density at radius 1 is 0.579 bits per heavy atom. The second-order valence-corrected chi connectivity index (χ2v) is 6.42. The molecule has 0 fully saturated rings. The lowest BCUT2D eigenvalue weighted by molar-refractivity contribution is 0.607. The van der Waals surface area contributed by atoms with E-state index in [2.05, 4.69) is 35.0 Å². The van der Waals surface area contributed by atoms with Crippen LogP contribution in [0.4, 0.5) is 0 Å². The Kier molecular flexibility index (Phi) is 18.4. The lowest BCUT2D eigenvalue weighted by Crippen LogP contribution is -1.80. The lowest BCUT2D eigenvalue weighted by atomic mass is 10.1. The monoisotopic (exact) mass is 330 g/mol. The Bertz CT molecular complexity index is 175. The van der Waals surface area contributed by atoms with E-state index in [0.717, 1.165) is 0 Å².